The number of carbonyl (C=O) groups is 1. The van der Waals surface area contributed by atoms with Gasteiger partial charge in [0.2, 0.25) is 5.78 Å². The molecular weight excluding hydrogens is 356 g/mol. The van der Waals surface area contributed by atoms with Gasteiger partial charge < -0.3 is 4.74 Å². The summed E-state index contributed by atoms with van der Waals surface area (Å²) in [5.41, 5.74) is 0.610. The number of fused-ring (bicyclic) bond motifs is 3. The third kappa shape index (κ3) is 2.76. The number of benzene rings is 2. The standard InChI is InChI=1S/C21H20N4O3/c1-21(2,14-9-5-4-6-10-14)19(27)28-13-17-22-23-20-24(3)18(26)15-11-7-8-12-16(15)25(17)20/h4-12H,13H2,1-3H3. The van der Waals surface area contributed by atoms with Crippen molar-refractivity contribution >= 4 is 22.6 Å². The summed E-state index contributed by atoms with van der Waals surface area (Å²) in [6.07, 6.45) is 0. The molecule has 0 radical (unpaired) electrons. The first-order chi connectivity index (χ1) is 13.4. The fourth-order valence-electron chi connectivity index (χ4n) is 3.27. The molecule has 0 N–H and O–H groups in total. The highest BCUT2D eigenvalue weighted by molar-refractivity contribution is 5.82. The van der Waals surface area contributed by atoms with E-state index in [-0.39, 0.29) is 18.1 Å². The molecule has 0 bridgehead atoms. The molecular formula is C21H20N4O3. The molecule has 0 aliphatic heterocycles. The van der Waals surface area contributed by atoms with Gasteiger partial charge in [0, 0.05) is 7.05 Å². The van der Waals surface area contributed by atoms with Crippen molar-refractivity contribution in [3.8, 4) is 0 Å². The number of esters is 1. The van der Waals surface area contributed by atoms with Crippen LogP contribution in [-0.2, 0) is 28.6 Å². The highest BCUT2D eigenvalue weighted by atomic mass is 16.5. The van der Waals surface area contributed by atoms with E-state index in [4.69, 9.17) is 4.74 Å². The SMILES string of the molecule is Cn1c(=O)c2ccccc2n2c(COC(=O)C(C)(C)c3ccccc3)nnc12. The Morgan fingerprint density at radius 3 is 2.46 bits per heavy atom. The van der Waals surface area contributed by atoms with Gasteiger partial charge in [-0.2, -0.15) is 0 Å². The van der Waals surface area contributed by atoms with Crippen molar-refractivity contribution in [1.82, 2.24) is 19.2 Å². The molecule has 0 aliphatic carbocycles. The Bertz CT molecular complexity index is 1240. The van der Waals surface area contributed by atoms with Crippen LogP contribution in [0.3, 0.4) is 0 Å². The van der Waals surface area contributed by atoms with E-state index in [0.717, 1.165) is 5.56 Å². The monoisotopic (exact) mass is 376 g/mol. The highest BCUT2D eigenvalue weighted by Gasteiger charge is 2.31. The van der Waals surface area contributed by atoms with Gasteiger partial charge in [-0.3, -0.25) is 18.6 Å². The summed E-state index contributed by atoms with van der Waals surface area (Å²) in [5.74, 6) is 0.501. The summed E-state index contributed by atoms with van der Waals surface area (Å²) in [4.78, 5) is 25.2. The Morgan fingerprint density at radius 2 is 1.71 bits per heavy atom. The lowest BCUT2D eigenvalue weighted by Crippen LogP contribution is -2.31. The van der Waals surface area contributed by atoms with Crippen LogP contribution in [0.5, 0.6) is 0 Å². The molecule has 7 heteroatoms. The van der Waals surface area contributed by atoms with Gasteiger partial charge in [0.25, 0.3) is 5.56 Å². The molecule has 0 amide bonds. The molecule has 4 aromatic rings. The summed E-state index contributed by atoms with van der Waals surface area (Å²) in [6, 6.07) is 16.7. The minimum atomic E-state index is -0.795. The lowest BCUT2D eigenvalue weighted by atomic mass is 9.85. The quantitative estimate of drug-likeness (QED) is 0.512. The number of para-hydroxylation sites is 1. The first kappa shape index (κ1) is 17.9. The van der Waals surface area contributed by atoms with E-state index in [1.807, 2.05) is 62.4 Å². The van der Waals surface area contributed by atoms with Crippen molar-refractivity contribution < 1.29 is 9.53 Å². The first-order valence-electron chi connectivity index (χ1n) is 8.96. The minimum absolute atomic E-state index is 0.0432. The van der Waals surface area contributed by atoms with Gasteiger partial charge in [0.1, 0.15) is 0 Å². The van der Waals surface area contributed by atoms with Gasteiger partial charge in [-0.25, -0.2) is 0 Å². The maximum Gasteiger partial charge on any atom is 0.316 e. The Labute approximate surface area is 161 Å². The predicted molar refractivity (Wildman–Crippen MR) is 105 cm³/mol. The number of ether oxygens (including phenoxy) is 1. The van der Waals surface area contributed by atoms with Gasteiger partial charge in [0.15, 0.2) is 12.4 Å². The summed E-state index contributed by atoms with van der Waals surface area (Å²) in [6.45, 7) is 3.61. The maximum absolute atomic E-state index is 12.7. The lowest BCUT2D eigenvalue weighted by molar-refractivity contribution is -0.151. The summed E-state index contributed by atoms with van der Waals surface area (Å²) < 4.78 is 8.77. The second-order valence-electron chi connectivity index (χ2n) is 7.20. The fraction of sp³-hybridized carbons (Fsp3) is 0.238. The van der Waals surface area contributed by atoms with Crippen LogP contribution in [0.15, 0.2) is 59.4 Å². The zero-order chi connectivity index (χ0) is 19.9. The molecule has 0 unspecified atom stereocenters. The van der Waals surface area contributed by atoms with Crippen molar-refractivity contribution in [2.45, 2.75) is 25.9 Å². The second kappa shape index (κ2) is 6.60. The number of hydrogen-bond acceptors (Lipinski definition) is 5. The van der Waals surface area contributed by atoms with Gasteiger partial charge in [-0.15, -0.1) is 10.2 Å². The Morgan fingerprint density at radius 1 is 1.04 bits per heavy atom. The van der Waals surface area contributed by atoms with E-state index in [1.165, 1.54) is 4.57 Å². The zero-order valence-electron chi connectivity index (χ0n) is 15.9. The van der Waals surface area contributed by atoms with Crippen LogP contribution in [0.4, 0.5) is 0 Å². The van der Waals surface area contributed by atoms with Crippen LogP contribution in [0.1, 0.15) is 25.2 Å². The van der Waals surface area contributed by atoms with Gasteiger partial charge in [0.05, 0.1) is 16.3 Å². The number of aromatic nitrogens is 4. The molecule has 0 fully saturated rings. The van der Waals surface area contributed by atoms with Crippen LogP contribution in [0.2, 0.25) is 0 Å². The summed E-state index contributed by atoms with van der Waals surface area (Å²) in [5, 5.41) is 8.81. The van der Waals surface area contributed by atoms with E-state index in [1.54, 1.807) is 17.5 Å². The van der Waals surface area contributed by atoms with Crippen LogP contribution in [0, 0.1) is 0 Å². The molecule has 2 aromatic heterocycles. The molecule has 2 aromatic carbocycles. The Balaban J connectivity index is 1.70. The number of hydrogen-bond donors (Lipinski definition) is 0. The van der Waals surface area contributed by atoms with Crippen molar-refractivity contribution in [2.75, 3.05) is 0 Å². The number of carbonyl (C=O) groups excluding carboxylic acids is 1. The highest BCUT2D eigenvalue weighted by Crippen LogP contribution is 2.25. The normalized spacial score (nSPS) is 11.8. The molecule has 142 valence electrons. The average molecular weight is 376 g/mol. The zero-order valence-corrected chi connectivity index (χ0v) is 15.9. The van der Waals surface area contributed by atoms with Crippen LogP contribution in [-0.4, -0.2) is 25.1 Å². The van der Waals surface area contributed by atoms with Crippen molar-refractivity contribution in [3.05, 3.63) is 76.3 Å². The average Bonchev–Trinajstić information content (AvgIpc) is 3.15. The van der Waals surface area contributed by atoms with E-state index in [0.29, 0.717) is 22.5 Å². The number of aryl methyl sites for hydroxylation is 1. The van der Waals surface area contributed by atoms with Crippen LogP contribution < -0.4 is 5.56 Å². The van der Waals surface area contributed by atoms with Gasteiger partial charge in [-0.1, -0.05) is 42.5 Å². The Hall–Kier alpha value is -3.48. The molecule has 0 atom stereocenters. The third-order valence-corrected chi connectivity index (χ3v) is 5.03. The Kier molecular flexibility index (Phi) is 4.22. The largest absolute Gasteiger partial charge is 0.457 e. The molecule has 2 heterocycles. The number of rotatable bonds is 4. The van der Waals surface area contributed by atoms with E-state index in [9.17, 15) is 9.59 Å². The van der Waals surface area contributed by atoms with Crippen molar-refractivity contribution in [1.29, 1.82) is 0 Å². The fourth-order valence-corrected chi connectivity index (χ4v) is 3.27. The molecule has 4 rings (SSSR count). The molecule has 0 saturated heterocycles. The first-order valence-corrected chi connectivity index (χ1v) is 8.96. The molecule has 0 spiro atoms. The third-order valence-electron chi connectivity index (χ3n) is 5.03. The predicted octanol–water partition coefficient (Wildman–Crippen LogP) is 2.60. The maximum atomic E-state index is 12.7. The topological polar surface area (TPSA) is 78.5 Å². The van der Waals surface area contributed by atoms with Crippen molar-refractivity contribution in [2.24, 2.45) is 7.05 Å². The second-order valence-corrected chi connectivity index (χ2v) is 7.20. The molecule has 0 saturated carbocycles. The van der Waals surface area contributed by atoms with Crippen LogP contribution >= 0.6 is 0 Å². The molecule has 28 heavy (non-hydrogen) atoms. The van der Waals surface area contributed by atoms with E-state index < -0.39 is 5.41 Å². The van der Waals surface area contributed by atoms with Crippen molar-refractivity contribution in [3.63, 3.8) is 0 Å². The number of nitrogens with zero attached hydrogens (tertiary/aromatic N) is 4. The minimum Gasteiger partial charge on any atom is -0.457 e. The van der Waals surface area contributed by atoms with Gasteiger partial charge in [-0.05, 0) is 31.5 Å². The smallest absolute Gasteiger partial charge is 0.316 e. The van der Waals surface area contributed by atoms with Gasteiger partial charge >= 0.3 is 5.97 Å². The summed E-state index contributed by atoms with van der Waals surface area (Å²) >= 11 is 0. The van der Waals surface area contributed by atoms with Crippen LogP contribution in [0.25, 0.3) is 16.7 Å². The summed E-state index contributed by atoms with van der Waals surface area (Å²) in [7, 11) is 1.65. The van der Waals surface area contributed by atoms with E-state index in [2.05, 4.69) is 10.2 Å². The molecule has 7 nitrogen and oxygen atoms in total. The lowest BCUT2D eigenvalue weighted by Gasteiger charge is -2.22. The molecule has 0 aliphatic rings. The van der Waals surface area contributed by atoms with E-state index >= 15 is 0 Å².